The van der Waals surface area contributed by atoms with Gasteiger partial charge in [0.25, 0.3) is 0 Å². The topological polar surface area (TPSA) is 12.9 Å². The lowest BCUT2D eigenvalue weighted by Crippen LogP contribution is -1.79. The predicted octanol–water partition coefficient (Wildman–Crippen LogP) is 2.45. The second-order valence-electron chi connectivity index (χ2n) is 2.61. The van der Waals surface area contributed by atoms with Crippen molar-refractivity contribution in [3.63, 3.8) is 0 Å². The minimum absolute atomic E-state index is 0.781. The van der Waals surface area contributed by atoms with E-state index < -0.39 is 0 Å². The summed E-state index contributed by atoms with van der Waals surface area (Å²) in [6.07, 6.45) is 2.69. The van der Waals surface area contributed by atoms with E-state index in [-0.39, 0.29) is 0 Å². The molecule has 0 bridgehead atoms. The molecule has 1 saturated carbocycles. The molecular formula is C7H9NS2. The minimum Gasteiger partial charge on any atom is -0.245 e. The molecule has 0 N–H and O–H groups in total. The number of aromatic nitrogens is 1. The van der Waals surface area contributed by atoms with Crippen molar-refractivity contribution < 1.29 is 0 Å². The number of nitrogens with zero attached hydrogens (tertiary/aromatic N) is 1. The van der Waals surface area contributed by atoms with Crippen LogP contribution in [0, 0.1) is 0 Å². The van der Waals surface area contributed by atoms with Crippen molar-refractivity contribution in [2.45, 2.75) is 24.5 Å². The molecule has 1 nitrogen and oxygen atoms in total. The van der Waals surface area contributed by atoms with Crippen LogP contribution in [0.15, 0.2) is 5.38 Å². The zero-order valence-corrected chi connectivity index (χ0v) is 7.29. The highest BCUT2D eigenvalue weighted by molar-refractivity contribution is 7.79. The van der Waals surface area contributed by atoms with Crippen molar-refractivity contribution in [1.29, 1.82) is 0 Å². The van der Waals surface area contributed by atoms with E-state index in [0.29, 0.717) is 0 Å². The van der Waals surface area contributed by atoms with Gasteiger partial charge in [0, 0.05) is 17.1 Å². The lowest BCUT2D eigenvalue weighted by Gasteiger charge is -1.84. The SMILES string of the molecule is SCc1csc(C2CC2)n1. The minimum atomic E-state index is 0.781. The van der Waals surface area contributed by atoms with E-state index in [9.17, 15) is 0 Å². The van der Waals surface area contributed by atoms with Crippen LogP contribution in [0.1, 0.15) is 29.5 Å². The van der Waals surface area contributed by atoms with Gasteiger partial charge in [0.1, 0.15) is 0 Å². The van der Waals surface area contributed by atoms with Gasteiger partial charge in [-0.3, -0.25) is 0 Å². The molecule has 10 heavy (non-hydrogen) atoms. The van der Waals surface area contributed by atoms with Crippen molar-refractivity contribution >= 4 is 24.0 Å². The van der Waals surface area contributed by atoms with Crippen LogP contribution in [0.25, 0.3) is 0 Å². The molecule has 1 fully saturated rings. The van der Waals surface area contributed by atoms with E-state index in [2.05, 4.69) is 23.0 Å². The number of hydrogen-bond acceptors (Lipinski definition) is 3. The number of thiol groups is 1. The average Bonchev–Trinajstić information content (AvgIpc) is 2.70. The Hall–Kier alpha value is -0.0200. The van der Waals surface area contributed by atoms with Crippen LogP contribution < -0.4 is 0 Å². The van der Waals surface area contributed by atoms with Gasteiger partial charge in [-0.1, -0.05) is 0 Å². The fraction of sp³-hybridized carbons (Fsp3) is 0.571. The Kier molecular flexibility index (Phi) is 1.70. The van der Waals surface area contributed by atoms with Crippen molar-refractivity contribution in [3.05, 3.63) is 16.1 Å². The second kappa shape index (κ2) is 2.55. The molecule has 0 aromatic carbocycles. The highest BCUT2D eigenvalue weighted by Crippen LogP contribution is 2.41. The average molecular weight is 171 g/mol. The summed E-state index contributed by atoms with van der Waals surface area (Å²) in [6.45, 7) is 0. The third-order valence-corrected chi connectivity index (χ3v) is 3.04. The molecule has 0 saturated heterocycles. The first kappa shape index (κ1) is 6.68. The van der Waals surface area contributed by atoms with Crippen LogP contribution in [0.4, 0.5) is 0 Å². The molecule has 1 heterocycles. The van der Waals surface area contributed by atoms with Gasteiger partial charge in [0.05, 0.1) is 10.7 Å². The van der Waals surface area contributed by atoms with Crippen molar-refractivity contribution in [1.82, 2.24) is 4.98 Å². The Balaban J connectivity index is 2.19. The lowest BCUT2D eigenvalue weighted by molar-refractivity contribution is 1.05. The molecule has 1 aromatic rings. The Morgan fingerprint density at radius 2 is 2.50 bits per heavy atom. The van der Waals surface area contributed by atoms with Gasteiger partial charge in [-0.2, -0.15) is 12.6 Å². The van der Waals surface area contributed by atoms with Gasteiger partial charge in [-0.15, -0.1) is 11.3 Å². The lowest BCUT2D eigenvalue weighted by atomic mass is 10.4. The molecule has 0 radical (unpaired) electrons. The highest BCUT2D eigenvalue weighted by Gasteiger charge is 2.26. The van der Waals surface area contributed by atoms with Crippen molar-refractivity contribution in [2.75, 3.05) is 0 Å². The molecule has 0 aliphatic heterocycles. The van der Waals surface area contributed by atoms with Crippen LogP contribution in [0.3, 0.4) is 0 Å². The standard InChI is InChI=1S/C7H9NS2/c9-3-6-4-10-7(8-6)5-1-2-5/h4-5,9H,1-3H2. The summed E-state index contributed by atoms with van der Waals surface area (Å²) in [7, 11) is 0. The first-order valence-electron chi connectivity index (χ1n) is 3.45. The van der Waals surface area contributed by atoms with E-state index in [0.717, 1.165) is 17.4 Å². The fourth-order valence-corrected chi connectivity index (χ4v) is 2.19. The first-order valence-corrected chi connectivity index (χ1v) is 4.96. The van der Waals surface area contributed by atoms with Crippen LogP contribution in [-0.4, -0.2) is 4.98 Å². The molecule has 0 amide bonds. The summed E-state index contributed by atoms with van der Waals surface area (Å²) in [5.74, 6) is 1.59. The Bertz CT molecular complexity index is 227. The van der Waals surface area contributed by atoms with Crippen molar-refractivity contribution in [2.24, 2.45) is 0 Å². The number of rotatable bonds is 2. The molecule has 0 unspecified atom stereocenters. The van der Waals surface area contributed by atoms with E-state index in [4.69, 9.17) is 0 Å². The maximum Gasteiger partial charge on any atom is 0.0959 e. The predicted molar refractivity (Wildman–Crippen MR) is 46.8 cm³/mol. The fourth-order valence-electron chi connectivity index (χ4n) is 0.913. The van der Waals surface area contributed by atoms with Crippen LogP contribution in [-0.2, 0) is 5.75 Å². The van der Waals surface area contributed by atoms with Gasteiger partial charge in [-0.25, -0.2) is 4.98 Å². The van der Waals surface area contributed by atoms with Crippen LogP contribution in [0.5, 0.6) is 0 Å². The summed E-state index contributed by atoms with van der Waals surface area (Å²) in [6, 6.07) is 0. The molecule has 54 valence electrons. The zero-order valence-electron chi connectivity index (χ0n) is 5.58. The van der Waals surface area contributed by atoms with Gasteiger partial charge in [0.15, 0.2) is 0 Å². The van der Waals surface area contributed by atoms with Gasteiger partial charge < -0.3 is 0 Å². The third kappa shape index (κ3) is 1.20. The van der Waals surface area contributed by atoms with Crippen molar-refractivity contribution in [3.8, 4) is 0 Å². The summed E-state index contributed by atoms with van der Waals surface area (Å²) in [5.41, 5.74) is 1.13. The van der Waals surface area contributed by atoms with Gasteiger partial charge >= 0.3 is 0 Å². The molecular weight excluding hydrogens is 162 g/mol. The van der Waals surface area contributed by atoms with Gasteiger partial charge in [-0.05, 0) is 12.8 Å². The maximum absolute atomic E-state index is 4.43. The quantitative estimate of drug-likeness (QED) is 0.674. The zero-order chi connectivity index (χ0) is 6.97. The summed E-state index contributed by atoms with van der Waals surface area (Å²) in [4.78, 5) is 4.43. The molecule has 1 aliphatic carbocycles. The van der Waals surface area contributed by atoms with E-state index in [1.807, 2.05) is 0 Å². The molecule has 0 spiro atoms. The second-order valence-corrected chi connectivity index (χ2v) is 3.82. The van der Waals surface area contributed by atoms with E-state index in [1.165, 1.54) is 17.8 Å². The van der Waals surface area contributed by atoms with Gasteiger partial charge in [0.2, 0.25) is 0 Å². The molecule has 3 heteroatoms. The van der Waals surface area contributed by atoms with Crippen LogP contribution in [0.2, 0.25) is 0 Å². The molecule has 1 aliphatic rings. The summed E-state index contributed by atoms with van der Waals surface area (Å²) in [5, 5.41) is 3.43. The molecule has 0 atom stereocenters. The highest BCUT2D eigenvalue weighted by atomic mass is 32.1. The van der Waals surface area contributed by atoms with E-state index in [1.54, 1.807) is 11.3 Å². The normalized spacial score (nSPS) is 17.7. The number of hydrogen-bond donors (Lipinski definition) is 1. The van der Waals surface area contributed by atoms with E-state index >= 15 is 0 Å². The Morgan fingerprint density at radius 1 is 1.70 bits per heavy atom. The third-order valence-electron chi connectivity index (χ3n) is 1.66. The molecule has 2 rings (SSSR count). The molecule has 1 aromatic heterocycles. The first-order chi connectivity index (χ1) is 4.90. The monoisotopic (exact) mass is 171 g/mol. The largest absolute Gasteiger partial charge is 0.245 e. The van der Waals surface area contributed by atoms with Crippen LogP contribution >= 0.6 is 24.0 Å². The Labute approximate surface area is 69.9 Å². The number of thiazole rings is 1. The smallest absolute Gasteiger partial charge is 0.0959 e. The summed E-state index contributed by atoms with van der Waals surface area (Å²) < 4.78 is 0. The summed E-state index contributed by atoms with van der Waals surface area (Å²) >= 11 is 5.94. The maximum atomic E-state index is 4.43. The Morgan fingerprint density at radius 3 is 3.00 bits per heavy atom.